The Bertz CT molecular complexity index is 1080. The number of hydrogen-bond donors (Lipinski definition) is 0. The summed E-state index contributed by atoms with van der Waals surface area (Å²) in [5, 5.41) is 0.633. The number of para-hydroxylation sites is 1. The van der Waals surface area contributed by atoms with E-state index in [1.165, 1.54) is 0 Å². The molecule has 3 aromatic rings. The fraction of sp³-hybridized carbons (Fsp3) is 0.190. The van der Waals surface area contributed by atoms with Gasteiger partial charge in [0.15, 0.2) is 0 Å². The second-order valence-electron chi connectivity index (χ2n) is 6.08. The maximum Gasteiger partial charge on any atom is 0.261 e. The van der Waals surface area contributed by atoms with Crippen LogP contribution in [0.2, 0.25) is 0 Å². The third-order valence-corrected chi connectivity index (χ3v) is 5.17. The van der Waals surface area contributed by atoms with Gasteiger partial charge in [0.05, 0.1) is 16.8 Å². The highest BCUT2D eigenvalue weighted by atomic mass is 32.2. The van der Waals surface area contributed by atoms with Gasteiger partial charge in [-0.1, -0.05) is 24.3 Å². The Labute approximate surface area is 161 Å². The Hall–Kier alpha value is -2.86. The van der Waals surface area contributed by atoms with Gasteiger partial charge in [-0.2, -0.15) is 0 Å². The fourth-order valence-electron chi connectivity index (χ4n) is 2.98. The molecule has 0 spiro atoms. The standard InChI is InChI=1S/C21H19N3O2S/c1-2-24-20(23-19-6-4-3-5-18(19)21(24)25)13-26-16-9-7-15(8-10-16)11-17-12-22-14-27-17/h3-12H,2,13-14H2,1H3. The molecule has 0 fully saturated rings. The van der Waals surface area contributed by atoms with Crippen molar-refractivity contribution in [3.8, 4) is 5.75 Å². The highest BCUT2D eigenvalue weighted by molar-refractivity contribution is 8.04. The van der Waals surface area contributed by atoms with Crippen molar-refractivity contribution in [2.24, 2.45) is 4.99 Å². The number of fused-ring (bicyclic) bond motifs is 1. The van der Waals surface area contributed by atoms with Crippen LogP contribution in [0.3, 0.4) is 0 Å². The minimum atomic E-state index is -0.0283. The van der Waals surface area contributed by atoms with Crippen LogP contribution in [0, 0.1) is 0 Å². The average molecular weight is 377 g/mol. The molecular formula is C21H19N3O2S. The number of aromatic nitrogens is 2. The highest BCUT2D eigenvalue weighted by Gasteiger charge is 2.10. The first kappa shape index (κ1) is 17.5. The van der Waals surface area contributed by atoms with Crippen molar-refractivity contribution < 1.29 is 4.74 Å². The zero-order valence-corrected chi connectivity index (χ0v) is 15.8. The summed E-state index contributed by atoms with van der Waals surface area (Å²) in [5.74, 6) is 2.17. The minimum Gasteiger partial charge on any atom is -0.486 e. The molecule has 0 saturated carbocycles. The number of ether oxygens (including phenoxy) is 1. The molecule has 2 heterocycles. The van der Waals surface area contributed by atoms with Crippen molar-refractivity contribution in [1.82, 2.24) is 9.55 Å². The zero-order chi connectivity index (χ0) is 18.6. The largest absolute Gasteiger partial charge is 0.486 e. The molecule has 136 valence electrons. The molecule has 6 heteroatoms. The van der Waals surface area contributed by atoms with Gasteiger partial charge >= 0.3 is 0 Å². The topological polar surface area (TPSA) is 56.5 Å². The molecular weight excluding hydrogens is 358 g/mol. The van der Waals surface area contributed by atoms with Gasteiger partial charge < -0.3 is 4.74 Å². The van der Waals surface area contributed by atoms with Crippen LogP contribution in [0.25, 0.3) is 17.0 Å². The van der Waals surface area contributed by atoms with E-state index in [4.69, 9.17) is 4.74 Å². The molecule has 4 rings (SSSR count). The van der Waals surface area contributed by atoms with E-state index < -0.39 is 0 Å². The van der Waals surface area contributed by atoms with E-state index in [2.05, 4.69) is 16.1 Å². The third-order valence-electron chi connectivity index (χ3n) is 4.34. The summed E-state index contributed by atoms with van der Waals surface area (Å²) in [5.41, 5.74) is 1.77. The number of hydrogen-bond acceptors (Lipinski definition) is 5. The third kappa shape index (κ3) is 3.80. The summed E-state index contributed by atoms with van der Waals surface area (Å²) in [6.07, 6.45) is 4.00. The van der Waals surface area contributed by atoms with Crippen LogP contribution in [0.1, 0.15) is 18.3 Å². The van der Waals surface area contributed by atoms with E-state index >= 15 is 0 Å². The summed E-state index contributed by atoms with van der Waals surface area (Å²) in [4.78, 5) is 22.6. The molecule has 1 aliphatic heterocycles. The van der Waals surface area contributed by atoms with Crippen LogP contribution in [0.4, 0.5) is 0 Å². The number of aliphatic imine (C=N–C) groups is 1. The molecule has 0 bridgehead atoms. The minimum absolute atomic E-state index is 0.0283. The van der Waals surface area contributed by atoms with Crippen LogP contribution < -0.4 is 10.3 Å². The second-order valence-corrected chi connectivity index (χ2v) is 7.10. The maximum atomic E-state index is 12.6. The Balaban J connectivity index is 1.54. The molecule has 0 aliphatic carbocycles. The lowest BCUT2D eigenvalue weighted by molar-refractivity contribution is 0.287. The molecule has 0 N–H and O–H groups in total. The Kier molecular flexibility index (Phi) is 5.07. The smallest absolute Gasteiger partial charge is 0.261 e. The highest BCUT2D eigenvalue weighted by Crippen LogP contribution is 2.23. The predicted molar refractivity (Wildman–Crippen MR) is 111 cm³/mol. The molecule has 2 aromatic carbocycles. The lowest BCUT2D eigenvalue weighted by Crippen LogP contribution is -2.25. The molecule has 0 radical (unpaired) electrons. The van der Waals surface area contributed by atoms with Gasteiger partial charge in [0.2, 0.25) is 0 Å². The zero-order valence-electron chi connectivity index (χ0n) is 15.0. The summed E-state index contributed by atoms with van der Waals surface area (Å²) in [6, 6.07) is 15.3. The maximum absolute atomic E-state index is 12.6. The number of benzene rings is 2. The van der Waals surface area contributed by atoms with Crippen LogP contribution in [0.15, 0.2) is 63.2 Å². The van der Waals surface area contributed by atoms with Crippen molar-refractivity contribution in [3.05, 3.63) is 75.2 Å². The van der Waals surface area contributed by atoms with E-state index in [0.717, 1.165) is 22.1 Å². The first-order chi connectivity index (χ1) is 13.2. The Morgan fingerprint density at radius 2 is 2.00 bits per heavy atom. The lowest BCUT2D eigenvalue weighted by Gasteiger charge is -2.13. The molecule has 0 amide bonds. The predicted octanol–water partition coefficient (Wildman–Crippen LogP) is 4.11. The fourth-order valence-corrected chi connectivity index (χ4v) is 3.64. The molecule has 0 saturated heterocycles. The number of allylic oxidation sites excluding steroid dienone is 1. The van der Waals surface area contributed by atoms with E-state index in [1.807, 2.05) is 61.7 Å². The van der Waals surface area contributed by atoms with E-state index in [1.54, 1.807) is 16.3 Å². The van der Waals surface area contributed by atoms with Crippen LogP contribution in [0.5, 0.6) is 5.75 Å². The van der Waals surface area contributed by atoms with Crippen LogP contribution >= 0.6 is 11.8 Å². The molecule has 1 aromatic heterocycles. The van der Waals surface area contributed by atoms with Gasteiger partial charge in [0.1, 0.15) is 18.2 Å². The normalized spacial score (nSPS) is 14.9. The quantitative estimate of drug-likeness (QED) is 0.671. The first-order valence-electron chi connectivity index (χ1n) is 8.80. The van der Waals surface area contributed by atoms with Gasteiger partial charge in [0.25, 0.3) is 5.56 Å². The van der Waals surface area contributed by atoms with Crippen molar-refractivity contribution in [2.45, 2.75) is 20.1 Å². The summed E-state index contributed by atoms with van der Waals surface area (Å²) < 4.78 is 7.55. The van der Waals surface area contributed by atoms with Crippen molar-refractivity contribution in [2.75, 3.05) is 5.88 Å². The van der Waals surface area contributed by atoms with Gasteiger partial charge in [-0.15, -0.1) is 11.8 Å². The Morgan fingerprint density at radius 1 is 1.19 bits per heavy atom. The number of thioether (sulfide) groups is 1. The number of nitrogens with zero attached hydrogens (tertiary/aromatic N) is 3. The summed E-state index contributed by atoms with van der Waals surface area (Å²) in [7, 11) is 0. The van der Waals surface area contributed by atoms with Gasteiger partial charge in [-0.3, -0.25) is 14.4 Å². The van der Waals surface area contributed by atoms with Crippen LogP contribution in [-0.4, -0.2) is 21.6 Å². The molecule has 5 nitrogen and oxygen atoms in total. The first-order valence-corrected chi connectivity index (χ1v) is 9.79. The molecule has 0 atom stereocenters. The van der Waals surface area contributed by atoms with Crippen molar-refractivity contribution in [1.29, 1.82) is 0 Å². The average Bonchev–Trinajstić information content (AvgIpc) is 3.21. The van der Waals surface area contributed by atoms with Crippen LogP contribution in [-0.2, 0) is 13.2 Å². The monoisotopic (exact) mass is 377 g/mol. The van der Waals surface area contributed by atoms with E-state index in [-0.39, 0.29) is 12.2 Å². The molecule has 27 heavy (non-hydrogen) atoms. The van der Waals surface area contributed by atoms with Crippen molar-refractivity contribution in [3.63, 3.8) is 0 Å². The summed E-state index contributed by atoms with van der Waals surface area (Å²) in [6.45, 7) is 2.74. The van der Waals surface area contributed by atoms with Gasteiger partial charge in [0, 0.05) is 17.7 Å². The second kappa shape index (κ2) is 7.80. The van der Waals surface area contributed by atoms with Gasteiger partial charge in [-0.05, 0) is 42.8 Å². The SMILES string of the molecule is CCn1c(COc2ccc(C=C3C=NCS3)cc2)nc2ccccc2c1=O. The molecule has 0 unspecified atom stereocenters. The van der Waals surface area contributed by atoms with E-state index in [0.29, 0.717) is 23.3 Å². The van der Waals surface area contributed by atoms with E-state index in [9.17, 15) is 4.79 Å². The Morgan fingerprint density at radius 3 is 2.74 bits per heavy atom. The van der Waals surface area contributed by atoms with Gasteiger partial charge in [-0.25, -0.2) is 4.98 Å². The van der Waals surface area contributed by atoms with Crippen molar-refractivity contribution >= 4 is 35.0 Å². The lowest BCUT2D eigenvalue weighted by atomic mass is 10.2. The number of rotatable bonds is 5. The summed E-state index contributed by atoms with van der Waals surface area (Å²) >= 11 is 1.72. The molecule has 1 aliphatic rings.